The number of carbonyl (C=O) groups excluding carboxylic acids is 1. The Morgan fingerprint density at radius 1 is 1.07 bits per heavy atom. The van der Waals surface area contributed by atoms with Crippen LogP contribution in [-0.2, 0) is 24.3 Å². The van der Waals surface area contributed by atoms with Gasteiger partial charge < -0.3 is 10.2 Å². The molecule has 0 bridgehead atoms. The molecule has 0 unspecified atom stereocenters. The summed E-state index contributed by atoms with van der Waals surface area (Å²) in [6.07, 6.45) is 0.947. The van der Waals surface area contributed by atoms with Gasteiger partial charge in [0, 0.05) is 30.8 Å². The third-order valence-corrected chi connectivity index (χ3v) is 6.13. The Kier molecular flexibility index (Phi) is 5.37. The van der Waals surface area contributed by atoms with E-state index in [0.29, 0.717) is 13.1 Å². The zero-order valence-electron chi connectivity index (χ0n) is 15.6. The fourth-order valence-electron chi connectivity index (χ4n) is 3.62. The van der Waals surface area contributed by atoms with Crippen LogP contribution in [0.3, 0.4) is 0 Å². The lowest BCUT2D eigenvalue weighted by Gasteiger charge is -2.29. The molecule has 0 fully saturated rings. The summed E-state index contributed by atoms with van der Waals surface area (Å²) in [4.78, 5) is 17.2. The van der Waals surface area contributed by atoms with Gasteiger partial charge in [-0.1, -0.05) is 48.5 Å². The lowest BCUT2D eigenvalue weighted by molar-refractivity contribution is -0.131. The highest BCUT2D eigenvalue weighted by Crippen LogP contribution is 2.30. The molecule has 2 aromatic carbocycles. The Morgan fingerprint density at radius 2 is 1.85 bits per heavy atom. The molecule has 0 radical (unpaired) electrons. The number of thiophene rings is 1. The Labute approximate surface area is 166 Å². The third-order valence-electron chi connectivity index (χ3n) is 5.10. The molecular weight excluding hydrogens is 352 g/mol. The van der Waals surface area contributed by atoms with Crippen LogP contribution >= 0.6 is 11.3 Å². The summed E-state index contributed by atoms with van der Waals surface area (Å²) >= 11 is 1.81. The van der Waals surface area contributed by atoms with Gasteiger partial charge in [0.25, 0.3) is 0 Å². The fourth-order valence-corrected chi connectivity index (χ4v) is 4.55. The van der Waals surface area contributed by atoms with Gasteiger partial charge in [0.05, 0.1) is 6.54 Å². The average Bonchev–Trinajstić information content (AvgIpc) is 3.14. The quantitative estimate of drug-likeness (QED) is 0.701. The molecule has 1 aromatic heterocycles. The number of nitrogens with zero attached hydrogens (tertiary/aromatic N) is 1. The Morgan fingerprint density at radius 3 is 2.67 bits per heavy atom. The van der Waals surface area contributed by atoms with E-state index in [-0.39, 0.29) is 7.33 Å². The number of benzene rings is 2. The largest absolute Gasteiger partial charge is 0.337 e. The highest BCUT2D eigenvalue weighted by Gasteiger charge is 2.19. The van der Waals surface area contributed by atoms with E-state index in [1.807, 2.05) is 22.3 Å². The monoisotopic (exact) mass is 378 g/mol. The normalized spacial score (nSPS) is 13.4. The first kappa shape index (κ1) is 18.0. The summed E-state index contributed by atoms with van der Waals surface area (Å²) < 4.78 is 0. The zero-order valence-corrected chi connectivity index (χ0v) is 16.4. The van der Waals surface area contributed by atoms with E-state index >= 15 is 0 Å². The van der Waals surface area contributed by atoms with Gasteiger partial charge in [-0.05, 0) is 47.7 Å². The average molecular weight is 379 g/mol. The molecule has 2 heterocycles. The maximum atomic E-state index is 12.6. The molecule has 1 amide bonds. The smallest absolute Gasteiger partial charge is 0.236 e. The van der Waals surface area contributed by atoms with E-state index in [0.717, 1.165) is 19.5 Å². The van der Waals surface area contributed by atoms with Gasteiger partial charge >= 0.3 is 0 Å². The minimum absolute atomic E-state index is 0. The fraction of sp³-hybridized carbons (Fsp3) is 0.261. The molecule has 0 atom stereocenters. The maximum Gasteiger partial charge on any atom is 0.236 e. The van der Waals surface area contributed by atoms with Crippen LogP contribution in [-0.4, -0.2) is 23.9 Å². The molecule has 0 saturated heterocycles. The second kappa shape index (κ2) is 8.07. The molecule has 1 N–H and O–H groups in total. The van der Waals surface area contributed by atoms with Gasteiger partial charge in [-0.25, -0.2) is 0 Å². The Hall–Kier alpha value is -2.43. The van der Waals surface area contributed by atoms with Crippen LogP contribution in [0, 0.1) is 6.92 Å². The van der Waals surface area contributed by atoms with E-state index < -0.39 is 0 Å². The molecule has 0 saturated carbocycles. The van der Waals surface area contributed by atoms with E-state index in [9.17, 15) is 4.79 Å². The molecule has 1 aliphatic heterocycles. The zero-order chi connectivity index (χ0) is 18.6. The van der Waals surface area contributed by atoms with Crippen molar-refractivity contribution in [3.05, 3.63) is 82.2 Å². The van der Waals surface area contributed by atoms with Gasteiger partial charge in [-0.2, -0.15) is 0 Å². The second-order valence-electron chi connectivity index (χ2n) is 7.01. The van der Waals surface area contributed by atoms with Crippen molar-refractivity contribution < 1.29 is 6.22 Å². The molecule has 27 heavy (non-hydrogen) atoms. The van der Waals surface area contributed by atoms with Crippen molar-refractivity contribution in [2.24, 2.45) is 0 Å². The minimum atomic E-state index is 0. The minimum Gasteiger partial charge on any atom is -0.337 e. The molecule has 1 aliphatic rings. The van der Waals surface area contributed by atoms with Crippen molar-refractivity contribution in [3.8, 4) is 10.4 Å². The van der Waals surface area contributed by atoms with Crippen LogP contribution in [0.25, 0.3) is 10.4 Å². The van der Waals surface area contributed by atoms with Crippen molar-refractivity contribution in [1.82, 2.24) is 10.2 Å². The van der Waals surface area contributed by atoms with Crippen LogP contribution in [0.5, 0.6) is 0 Å². The van der Waals surface area contributed by atoms with Crippen molar-refractivity contribution in [2.45, 2.75) is 26.4 Å². The van der Waals surface area contributed by atoms with Crippen LogP contribution in [0.4, 0.5) is 0 Å². The predicted molar refractivity (Wildman–Crippen MR) is 114 cm³/mol. The first-order chi connectivity index (χ1) is 13.2. The summed E-state index contributed by atoms with van der Waals surface area (Å²) in [6.45, 7) is 4.73. The lowest BCUT2D eigenvalue weighted by atomic mass is 10.00. The molecular formula is C23H26N2OS. The summed E-state index contributed by atoms with van der Waals surface area (Å²) in [5, 5.41) is 3.35. The molecule has 4 heteroatoms. The first-order valence-corrected chi connectivity index (χ1v) is 10.2. The Bertz CT molecular complexity index is 953. The molecule has 0 spiro atoms. The summed E-state index contributed by atoms with van der Waals surface area (Å²) in [7, 11) is 0. The number of hydrogen-bond donors (Lipinski definition) is 1. The second-order valence-corrected chi connectivity index (χ2v) is 8.29. The Balaban J connectivity index is 0.00000225. The number of carbonyl (C=O) groups is 1. The highest BCUT2D eigenvalue weighted by molar-refractivity contribution is 7.15. The van der Waals surface area contributed by atoms with Crippen molar-refractivity contribution in [3.63, 3.8) is 0 Å². The number of rotatable bonds is 5. The van der Waals surface area contributed by atoms with E-state index in [2.05, 4.69) is 66.8 Å². The molecule has 3 aromatic rings. The third kappa shape index (κ3) is 4.12. The molecule has 4 rings (SSSR count). The molecule has 0 aliphatic carbocycles. The lowest BCUT2D eigenvalue weighted by Crippen LogP contribution is -2.41. The predicted octanol–water partition coefficient (Wildman–Crippen LogP) is 4.64. The van der Waals surface area contributed by atoms with Gasteiger partial charge in [0.1, 0.15) is 0 Å². The van der Waals surface area contributed by atoms with Gasteiger partial charge in [-0.3, -0.25) is 4.79 Å². The summed E-state index contributed by atoms with van der Waals surface area (Å²) in [5.74, 6) is 0.175. The topological polar surface area (TPSA) is 32.3 Å². The standard InChI is InChI=1S/C23H24N2OS.H2/c1-17-10-11-22(27-17)21-9-5-4-7-19(21)14-24-15-23(26)25-13-12-18-6-2-3-8-20(18)16-25;/h2-11,24H,12-16H2,1H3;1H. The van der Waals surface area contributed by atoms with Crippen LogP contribution in [0.2, 0.25) is 0 Å². The number of aryl methyl sites for hydroxylation is 1. The van der Waals surface area contributed by atoms with E-state index in [1.54, 1.807) is 0 Å². The van der Waals surface area contributed by atoms with Gasteiger partial charge in [0.2, 0.25) is 5.91 Å². The molecule has 140 valence electrons. The summed E-state index contributed by atoms with van der Waals surface area (Å²) in [6, 6.07) is 21.2. The van der Waals surface area contributed by atoms with Crippen LogP contribution in [0.1, 0.15) is 23.0 Å². The number of amides is 1. The number of nitrogens with one attached hydrogen (secondary N) is 1. The van der Waals surface area contributed by atoms with Crippen molar-refractivity contribution in [1.29, 1.82) is 0 Å². The van der Waals surface area contributed by atoms with Crippen LogP contribution < -0.4 is 5.32 Å². The number of fused-ring (bicyclic) bond motifs is 1. The van der Waals surface area contributed by atoms with Crippen LogP contribution in [0.15, 0.2) is 60.7 Å². The van der Waals surface area contributed by atoms with E-state index in [1.165, 1.54) is 32.0 Å². The van der Waals surface area contributed by atoms with Gasteiger partial charge in [0.15, 0.2) is 0 Å². The SMILES string of the molecule is Cc1ccc(-c2ccccc2CNCC(=O)N2CCc3ccccc3C2)s1.[HH]. The highest BCUT2D eigenvalue weighted by atomic mass is 32.1. The van der Waals surface area contributed by atoms with E-state index in [4.69, 9.17) is 0 Å². The first-order valence-electron chi connectivity index (χ1n) is 9.41. The van der Waals surface area contributed by atoms with Crippen molar-refractivity contribution in [2.75, 3.05) is 13.1 Å². The summed E-state index contributed by atoms with van der Waals surface area (Å²) in [5.41, 5.74) is 5.13. The van der Waals surface area contributed by atoms with Crippen molar-refractivity contribution >= 4 is 17.2 Å². The maximum absolute atomic E-state index is 12.6. The van der Waals surface area contributed by atoms with Gasteiger partial charge in [-0.15, -0.1) is 11.3 Å². The number of hydrogen-bond acceptors (Lipinski definition) is 3. The molecule has 3 nitrogen and oxygen atoms in total.